The molecule has 0 saturated carbocycles. The van der Waals surface area contributed by atoms with Crippen LogP contribution in [0.2, 0.25) is 0 Å². The fourth-order valence-corrected chi connectivity index (χ4v) is 2.55. The molecule has 0 saturated heterocycles. The molecular weight excluding hydrogens is 378 g/mol. The van der Waals surface area contributed by atoms with Gasteiger partial charge in [0.25, 0.3) is 5.91 Å². The summed E-state index contributed by atoms with van der Waals surface area (Å²) in [5.41, 5.74) is 0.282. The van der Waals surface area contributed by atoms with Crippen molar-refractivity contribution in [3.63, 3.8) is 0 Å². The number of carbonyl (C=O) groups excluding carboxylic acids is 2. The highest BCUT2D eigenvalue weighted by molar-refractivity contribution is 6.02. The SMILES string of the molecule is CCOc1ccc(/C=C(\NC(=O)c2cc(OC)c(OC)c(OC)c2)C(=O)[O-])cc1. The van der Waals surface area contributed by atoms with Gasteiger partial charge < -0.3 is 34.2 Å². The quantitative estimate of drug-likeness (QED) is 0.638. The number of hydrogen-bond donors (Lipinski definition) is 1. The molecule has 0 heterocycles. The summed E-state index contributed by atoms with van der Waals surface area (Å²) in [6.45, 7) is 2.38. The van der Waals surface area contributed by atoms with Crippen molar-refractivity contribution in [2.24, 2.45) is 0 Å². The van der Waals surface area contributed by atoms with Gasteiger partial charge in [0.1, 0.15) is 5.75 Å². The summed E-state index contributed by atoms with van der Waals surface area (Å²) in [4.78, 5) is 24.1. The molecule has 154 valence electrons. The molecule has 2 aromatic rings. The average Bonchev–Trinajstić information content (AvgIpc) is 2.73. The maximum absolute atomic E-state index is 12.6. The molecule has 0 fully saturated rings. The molecule has 2 aromatic carbocycles. The smallest absolute Gasteiger partial charge is 0.255 e. The lowest BCUT2D eigenvalue weighted by atomic mass is 10.1. The summed E-state index contributed by atoms with van der Waals surface area (Å²) in [7, 11) is 4.27. The number of carboxylic acid groups (broad SMARTS) is 1. The van der Waals surface area contributed by atoms with E-state index >= 15 is 0 Å². The van der Waals surface area contributed by atoms with Crippen LogP contribution in [0, 0.1) is 0 Å². The second-order valence-electron chi connectivity index (χ2n) is 5.72. The van der Waals surface area contributed by atoms with Gasteiger partial charge in [0.2, 0.25) is 5.75 Å². The van der Waals surface area contributed by atoms with E-state index in [0.29, 0.717) is 23.7 Å². The first kappa shape index (κ1) is 21.6. The Morgan fingerprint density at radius 3 is 2.03 bits per heavy atom. The van der Waals surface area contributed by atoms with Crippen LogP contribution < -0.4 is 29.4 Å². The molecule has 0 radical (unpaired) electrons. The highest BCUT2D eigenvalue weighted by atomic mass is 16.5. The van der Waals surface area contributed by atoms with Crippen LogP contribution in [0.4, 0.5) is 0 Å². The Labute approximate surface area is 168 Å². The van der Waals surface area contributed by atoms with Gasteiger partial charge in [-0.2, -0.15) is 0 Å². The maximum atomic E-state index is 12.6. The number of benzene rings is 2. The zero-order valence-electron chi connectivity index (χ0n) is 16.6. The second kappa shape index (κ2) is 10.0. The van der Waals surface area contributed by atoms with Crippen LogP contribution in [-0.4, -0.2) is 39.8 Å². The van der Waals surface area contributed by atoms with Crippen molar-refractivity contribution in [2.45, 2.75) is 6.92 Å². The number of ether oxygens (including phenoxy) is 4. The fourth-order valence-electron chi connectivity index (χ4n) is 2.55. The third-order valence-electron chi connectivity index (χ3n) is 3.90. The van der Waals surface area contributed by atoms with Gasteiger partial charge in [-0.15, -0.1) is 0 Å². The predicted molar refractivity (Wildman–Crippen MR) is 104 cm³/mol. The van der Waals surface area contributed by atoms with Crippen molar-refractivity contribution >= 4 is 18.0 Å². The fraction of sp³-hybridized carbons (Fsp3) is 0.238. The predicted octanol–water partition coefficient (Wildman–Crippen LogP) is 1.63. The first-order valence-corrected chi connectivity index (χ1v) is 8.70. The van der Waals surface area contributed by atoms with E-state index in [1.165, 1.54) is 39.5 Å². The molecule has 2 rings (SSSR count). The molecular formula is C21H22NO7-. The molecule has 0 bridgehead atoms. The Hall–Kier alpha value is -3.68. The molecule has 8 nitrogen and oxygen atoms in total. The van der Waals surface area contributed by atoms with Crippen LogP contribution in [0.1, 0.15) is 22.8 Å². The van der Waals surface area contributed by atoms with E-state index in [0.717, 1.165) is 0 Å². The van der Waals surface area contributed by atoms with Crippen LogP contribution >= 0.6 is 0 Å². The molecule has 0 atom stereocenters. The standard InChI is InChI=1S/C21H23NO7/c1-5-29-15-8-6-13(7-9-15)10-16(21(24)25)22-20(23)14-11-17(26-2)19(28-4)18(12-14)27-3/h6-12H,5H2,1-4H3,(H,22,23)(H,24,25)/p-1/b16-10-. The molecule has 0 aliphatic rings. The number of amides is 1. The largest absolute Gasteiger partial charge is 0.543 e. The topological polar surface area (TPSA) is 106 Å². The second-order valence-corrected chi connectivity index (χ2v) is 5.72. The molecule has 0 aromatic heterocycles. The molecule has 1 amide bonds. The molecule has 29 heavy (non-hydrogen) atoms. The van der Waals surface area contributed by atoms with Gasteiger partial charge in [-0.1, -0.05) is 12.1 Å². The minimum Gasteiger partial charge on any atom is -0.543 e. The summed E-state index contributed by atoms with van der Waals surface area (Å²) >= 11 is 0. The van der Waals surface area contributed by atoms with Crippen LogP contribution in [0.3, 0.4) is 0 Å². The van der Waals surface area contributed by atoms with Gasteiger partial charge in [-0.25, -0.2) is 0 Å². The molecule has 0 unspecified atom stereocenters. The number of nitrogens with one attached hydrogen (secondary N) is 1. The minimum absolute atomic E-state index is 0.123. The van der Waals surface area contributed by atoms with Crippen molar-refractivity contribution in [1.82, 2.24) is 5.32 Å². The Balaban J connectivity index is 2.31. The lowest BCUT2D eigenvalue weighted by molar-refractivity contribution is -0.299. The summed E-state index contributed by atoms with van der Waals surface area (Å²) in [5.74, 6) is -0.701. The normalized spacial score (nSPS) is 10.8. The van der Waals surface area contributed by atoms with Gasteiger partial charge in [0, 0.05) is 5.56 Å². The molecule has 8 heteroatoms. The number of hydrogen-bond acceptors (Lipinski definition) is 7. The van der Waals surface area contributed by atoms with Gasteiger partial charge in [0.05, 0.1) is 39.6 Å². The Morgan fingerprint density at radius 1 is 1.00 bits per heavy atom. The van der Waals surface area contributed by atoms with Gasteiger partial charge in [-0.05, 0) is 42.8 Å². The Morgan fingerprint density at radius 2 is 1.59 bits per heavy atom. The Kier molecular flexibility index (Phi) is 7.47. The number of methoxy groups -OCH3 is 3. The van der Waals surface area contributed by atoms with Crippen LogP contribution in [-0.2, 0) is 4.79 Å². The minimum atomic E-state index is -1.53. The molecule has 0 aliphatic heterocycles. The molecule has 0 spiro atoms. The van der Waals surface area contributed by atoms with Crippen molar-refractivity contribution in [2.75, 3.05) is 27.9 Å². The van der Waals surface area contributed by atoms with Crippen molar-refractivity contribution in [3.8, 4) is 23.0 Å². The first-order chi connectivity index (χ1) is 13.9. The van der Waals surface area contributed by atoms with Gasteiger partial charge in [0.15, 0.2) is 11.5 Å². The highest BCUT2D eigenvalue weighted by Crippen LogP contribution is 2.38. The average molecular weight is 400 g/mol. The third-order valence-corrected chi connectivity index (χ3v) is 3.90. The first-order valence-electron chi connectivity index (χ1n) is 8.70. The Bertz CT molecular complexity index is 879. The number of carboxylic acids is 1. The molecule has 1 N–H and O–H groups in total. The van der Waals surface area contributed by atoms with Gasteiger partial charge >= 0.3 is 0 Å². The summed E-state index contributed by atoms with van der Waals surface area (Å²) in [6, 6.07) is 9.56. The van der Waals surface area contributed by atoms with E-state index in [2.05, 4.69) is 5.32 Å². The highest BCUT2D eigenvalue weighted by Gasteiger charge is 2.18. The number of carbonyl (C=O) groups is 2. The van der Waals surface area contributed by atoms with Crippen molar-refractivity contribution in [3.05, 3.63) is 53.2 Å². The van der Waals surface area contributed by atoms with E-state index in [9.17, 15) is 14.7 Å². The number of rotatable bonds is 9. The van der Waals surface area contributed by atoms with Crippen LogP contribution in [0.25, 0.3) is 6.08 Å². The van der Waals surface area contributed by atoms with Gasteiger partial charge in [-0.3, -0.25) is 4.79 Å². The van der Waals surface area contributed by atoms with E-state index in [4.69, 9.17) is 18.9 Å². The maximum Gasteiger partial charge on any atom is 0.255 e. The van der Waals surface area contributed by atoms with Crippen LogP contribution in [0.5, 0.6) is 23.0 Å². The third kappa shape index (κ3) is 5.41. The van der Waals surface area contributed by atoms with E-state index in [1.54, 1.807) is 24.3 Å². The van der Waals surface area contributed by atoms with E-state index in [1.807, 2.05) is 6.92 Å². The monoisotopic (exact) mass is 400 g/mol. The van der Waals surface area contributed by atoms with E-state index in [-0.39, 0.29) is 17.1 Å². The summed E-state index contributed by atoms with van der Waals surface area (Å²) in [6.07, 6.45) is 1.29. The summed E-state index contributed by atoms with van der Waals surface area (Å²) in [5, 5.41) is 13.8. The lowest BCUT2D eigenvalue weighted by Gasteiger charge is -2.15. The molecule has 0 aliphatic carbocycles. The van der Waals surface area contributed by atoms with Crippen LogP contribution in [0.15, 0.2) is 42.1 Å². The van der Waals surface area contributed by atoms with Crippen molar-refractivity contribution < 1.29 is 33.6 Å². The summed E-state index contributed by atoms with van der Waals surface area (Å²) < 4.78 is 21.0. The zero-order chi connectivity index (χ0) is 21.4. The lowest BCUT2D eigenvalue weighted by Crippen LogP contribution is -2.35. The van der Waals surface area contributed by atoms with Crippen molar-refractivity contribution in [1.29, 1.82) is 0 Å². The number of aliphatic carboxylic acids is 1. The van der Waals surface area contributed by atoms with E-state index < -0.39 is 17.6 Å². The zero-order valence-corrected chi connectivity index (χ0v) is 16.6.